The number of fused-ring (bicyclic) bond motifs is 1. The molecule has 25 heavy (non-hydrogen) atoms. The molecule has 1 fully saturated rings. The van der Waals surface area contributed by atoms with Crippen LogP contribution in [0.5, 0.6) is 0 Å². The topological polar surface area (TPSA) is 42.3 Å². The van der Waals surface area contributed by atoms with Gasteiger partial charge in [-0.2, -0.15) is 5.10 Å². The van der Waals surface area contributed by atoms with E-state index < -0.39 is 0 Å². The van der Waals surface area contributed by atoms with E-state index in [2.05, 4.69) is 65.6 Å². The molecule has 130 valence electrons. The normalized spacial score (nSPS) is 20.8. The van der Waals surface area contributed by atoms with Gasteiger partial charge in [0.15, 0.2) is 0 Å². The molecule has 2 atom stereocenters. The minimum absolute atomic E-state index is 0.271. The monoisotopic (exact) mass is 336 g/mol. The van der Waals surface area contributed by atoms with Crippen molar-refractivity contribution < 1.29 is 4.74 Å². The first-order valence-corrected chi connectivity index (χ1v) is 8.78. The van der Waals surface area contributed by atoms with Gasteiger partial charge in [0.1, 0.15) is 0 Å². The van der Waals surface area contributed by atoms with Gasteiger partial charge in [0.25, 0.3) is 0 Å². The van der Waals surface area contributed by atoms with E-state index in [0.29, 0.717) is 0 Å². The third-order valence-electron chi connectivity index (χ3n) is 4.56. The van der Waals surface area contributed by atoms with Crippen LogP contribution in [0.4, 0.5) is 17.1 Å². The number of nitrogens with zero attached hydrogens (tertiary/aromatic N) is 3. The first-order valence-electron chi connectivity index (χ1n) is 8.78. The first-order chi connectivity index (χ1) is 12.1. The molecular formula is C20H24N4O. The smallest absolute Gasteiger partial charge is 0.0924 e. The molecule has 0 aliphatic carbocycles. The molecule has 1 aliphatic heterocycles. The van der Waals surface area contributed by atoms with Gasteiger partial charge in [0.2, 0.25) is 0 Å². The molecule has 5 heteroatoms. The minimum Gasteiger partial charge on any atom is -0.372 e. The van der Waals surface area contributed by atoms with Crippen LogP contribution < -0.4 is 10.2 Å². The molecule has 0 saturated carbocycles. The zero-order valence-corrected chi connectivity index (χ0v) is 14.9. The number of nitrogens with one attached hydrogen (secondary N) is 1. The van der Waals surface area contributed by atoms with Crippen LogP contribution in [0.25, 0.3) is 10.9 Å². The molecule has 4 rings (SSSR count). The minimum atomic E-state index is 0.271. The standard InChI is InChI=1S/C20H24N4O/c1-14-11-24(12-15(2)25-14)19-7-4-17(5-8-19)21-18-6-9-20-16(10-18)13-23(3)22-20/h4-10,13-15,21H,11-12H2,1-3H3. The predicted molar refractivity (Wildman–Crippen MR) is 103 cm³/mol. The van der Waals surface area contributed by atoms with E-state index >= 15 is 0 Å². The summed E-state index contributed by atoms with van der Waals surface area (Å²) in [4.78, 5) is 2.39. The second-order valence-corrected chi connectivity index (χ2v) is 6.91. The number of hydrogen-bond donors (Lipinski definition) is 1. The average Bonchev–Trinajstić information content (AvgIpc) is 2.94. The Morgan fingerprint density at radius 1 is 1.00 bits per heavy atom. The summed E-state index contributed by atoms with van der Waals surface area (Å²) in [7, 11) is 1.94. The summed E-state index contributed by atoms with van der Waals surface area (Å²) in [6, 6.07) is 14.9. The summed E-state index contributed by atoms with van der Waals surface area (Å²) in [6.07, 6.45) is 2.57. The molecular weight excluding hydrogens is 312 g/mol. The molecule has 1 saturated heterocycles. The number of aryl methyl sites for hydroxylation is 1. The summed E-state index contributed by atoms with van der Waals surface area (Å²) in [5.41, 5.74) is 4.41. The van der Waals surface area contributed by atoms with Crippen LogP contribution in [-0.2, 0) is 11.8 Å². The van der Waals surface area contributed by atoms with Crippen LogP contribution in [0.3, 0.4) is 0 Å². The Bertz CT molecular complexity index is 861. The van der Waals surface area contributed by atoms with Crippen molar-refractivity contribution in [1.29, 1.82) is 0 Å². The fourth-order valence-corrected chi connectivity index (χ4v) is 3.54. The highest BCUT2D eigenvalue weighted by Crippen LogP contribution is 2.25. The first kappa shape index (κ1) is 16.0. The maximum atomic E-state index is 5.82. The molecule has 2 heterocycles. The summed E-state index contributed by atoms with van der Waals surface area (Å²) < 4.78 is 7.66. The van der Waals surface area contributed by atoms with Crippen LogP contribution >= 0.6 is 0 Å². The van der Waals surface area contributed by atoms with Crippen molar-refractivity contribution in [2.75, 3.05) is 23.3 Å². The van der Waals surface area contributed by atoms with E-state index in [9.17, 15) is 0 Å². The zero-order valence-electron chi connectivity index (χ0n) is 14.9. The third-order valence-corrected chi connectivity index (χ3v) is 4.56. The van der Waals surface area contributed by atoms with E-state index in [1.807, 2.05) is 24.0 Å². The van der Waals surface area contributed by atoms with Crippen molar-refractivity contribution in [3.63, 3.8) is 0 Å². The fourth-order valence-electron chi connectivity index (χ4n) is 3.54. The molecule has 1 aliphatic rings. The van der Waals surface area contributed by atoms with Gasteiger partial charge in [0, 0.05) is 48.8 Å². The average molecular weight is 336 g/mol. The van der Waals surface area contributed by atoms with E-state index in [1.165, 1.54) is 5.69 Å². The highest BCUT2D eigenvalue weighted by molar-refractivity contribution is 5.83. The van der Waals surface area contributed by atoms with Crippen LogP contribution in [0, 0.1) is 0 Å². The predicted octanol–water partition coefficient (Wildman–Crippen LogP) is 3.93. The fraction of sp³-hybridized carbons (Fsp3) is 0.350. The Hall–Kier alpha value is -2.53. The van der Waals surface area contributed by atoms with Crippen LogP contribution in [-0.4, -0.2) is 35.1 Å². The maximum absolute atomic E-state index is 5.82. The molecule has 0 amide bonds. The van der Waals surface area contributed by atoms with Crippen molar-refractivity contribution in [2.45, 2.75) is 26.1 Å². The number of hydrogen-bond acceptors (Lipinski definition) is 4. The van der Waals surface area contributed by atoms with Gasteiger partial charge >= 0.3 is 0 Å². The molecule has 0 radical (unpaired) electrons. The van der Waals surface area contributed by atoms with Gasteiger partial charge in [-0.15, -0.1) is 0 Å². The molecule has 1 N–H and O–H groups in total. The number of aromatic nitrogens is 2. The van der Waals surface area contributed by atoms with Crippen molar-refractivity contribution in [1.82, 2.24) is 9.78 Å². The zero-order chi connectivity index (χ0) is 17.4. The third kappa shape index (κ3) is 3.46. The van der Waals surface area contributed by atoms with E-state index in [1.54, 1.807) is 0 Å². The number of ether oxygens (including phenoxy) is 1. The van der Waals surface area contributed by atoms with Gasteiger partial charge in [-0.05, 0) is 56.3 Å². The molecule has 0 bridgehead atoms. The largest absolute Gasteiger partial charge is 0.372 e. The Labute approximate surface area is 148 Å². The Morgan fingerprint density at radius 2 is 1.68 bits per heavy atom. The maximum Gasteiger partial charge on any atom is 0.0924 e. The Balaban J connectivity index is 1.49. The van der Waals surface area contributed by atoms with E-state index in [0.717, 1.165) is 35.4 Å². The summed E-state index contributed by atoms with van der Waals surface area (Å²) in [5, 5.41) is 9.02. The van der Waals surface area contributed by atoms with Gasteiger partial charge < -0.3 is 15.0 Å². The highest BCUT2D eigenvalue weighted by Gasteiger charge is 2.22. The SMILES string of the molecule is CC1CN(c2ccc(Nc3ccc4nn(C)cc4c3)cc2)CC(C)O1. The summed E-state index contributed by atoms with van der Waals surface area (Å²) in [6.45, 7) is 6.14. The Morgan fingerprint density at radius 3 is 2.40 bits per heavy atom. The quantitative estimate of drug-likeness (QED) is 0.787. The molecule has 0 spiro atoms. The van der Waals surface area contributed by atoms with Gasteiger partial charge in [0.05, 0.1) is 17.7 Å². The van der Waals surface area contributed by atoms with Crippen molar-refractivity contribution in [3.8, 4) is 0 Å². The highest BCUT2D eigenvalue weighted by atomic mass is 16.5. The van der Waals surface area contributed by atoms with E-state index in [-0.39, 0.29) is 12.2 Å². The second-order valence-electron chi connectivity index (χ2n) is 6.91. The Kier molecular flexibility index (Phi) is 4.09. The number of anilines is 3. The van der Waals surface area contributed by atoms with Crippen molar-refractivity contribution in [3.05, 3.63) is 48.7 Å². The van der Waals surface area contributed by atoms with Gasteiger partial charge in [-0.25, -0.2) is 0 Å². The lowest BCUT2D eigenvalue weighted by Gasteiger charge is -2.36. The van der Waals surface area contributed by atoms with Crippen LogP contribution in [0.2, 0.25) is 0 Å². The molecule has 1 aromatic heterocycles. The lowest BCUT2D eigenvalue weighted by molar-refractivity contribution is -0.00521. The number of morpholine rings is 1. The molecule has 2 unspecified atom stereocenters. The van der Waals surface area contributed by atoms with Crippen molar-refractivity contribution >= 4 is 28.0 Å². The van der Waals surface area contributed by atoms with E-state index in [4.69, 9.17) is 4.74 Å². The number of rotatable bonds is 3. The van der Waals surface area contributed by atoms with Gasteiger partial charge in [-0.3, -0.25) is 4.68 Å². The molecule has 5 nitrogen and oxygen atoms in total. The summed E-state index contributed by atoms with van der Waals surface area (Å²) in [5.74, 6) is 0. The van der Waals surface area contributed by atoms with Crippen LogP contribution in [0.1, 0.15) is 13.8 Å². The number of benzene rings is 2. The van der Waals surface area contributed by atoms with Crippen molar-refractivity contribution in [2.24, 2.45) is 7.05 Å². The molecule has 3 aromatic rings. The van der Waals surface area contributed by atoms with Gasteiger partial charge in [-0.1, -0.05) is 0 Å². The lowest BCUT2D eigenvalue weighted by Crippen LogP contribution is -2.45. The van der Waals surface area contributed by atoms with Crippen LogP contribution in [0.15, 0.2) is 48.7 Å². The molecule has 2 aromatic carbocycles. The second kappa shape index (κ2) is 6.41. The summed E-state index contributed by atoms with van der Waals surface area (Å²) >= 11 is 0. The lowest BCUT2D eigenvalue weighted by atomic mass is 10.2.